The van der Waals surface area contributed by atoms with Crippen LogP contribution in [0.1, 0.15) is 37.7 Å². The molecule has 0 aliphatic heterocycles. The molecule has 4 heteroatoms. The molecule has 2 N–H and O–H groups in total. The van der Waals surface area contributed by atoms with Gasteiger partial charge in [0.1, 0.15) is 0 Å². The molecule has 1 aromatic carbocycles. The number of hydrogen-bond donors (Lipinski definition) is 1. The third-order valence-electron chi connectivity index (χ3n) is 4.21. The van der Waals surface area contributed by atoms with Crippen LogP contribution >= 0.6 is 11.6 Å². The van der Waals surface area contributed by atoms with Crippen molar-refractivity contribution in [3.63, 3.8) is 0 Å². The number of benzene rings is 1. The molecule has 0 spiro atoms. The quantitative estimate of drug-likeness (QED) is 0.899. The van der Waals surface area contributed by atoms with Gasteiger partial charge in [0.25, 0.3) is 0 Å². The minimum absolute atomic E-state index is 0.229. The van der Waals surface area contributed by atoms with Crippen molar-refractivity contribution in [2.75, 3.05) is 13.7 Å². The molecule has 2 aliphatic carbocycles. The number of rotatable bonds is 5. The van der Waals surface area contributed by atoms with E-state index in [1.165, 1.54) is 19.3 Å². The Hall–Kier alpha value is -0.930. The molecule has 0 bridgehead atoms. The van der Waals surface area contributed by atoms with Crippen molar-refractivity contribution in [1.82, 2.24) is 0 Å². The van der Waals surface area contributed by atoms with Gasteiger partial charge in [-0.25, -0.2) is 0 Å². The molecule has 104 valence electrons. The Morgan fingerprint density at radius 3 is 2.63 bits per heavy atom. The maximum Gasteiger partial charge on any atom is 0.179 e. The van der Waals surface area contributed by atoms with Gasteiger partial charge in [0.05, 0.1) is 18.7 Å². The molecular weight excluding hydrogens is 262 g/mol. The summed E-state index contributed by atoms with van der Waals surface area (Å²) in [5.74, 6) is 2.05. The summed E-state index contributed by atoms with van der Waals surface area (Å²) in [5, 5.41) is 0.586. The van der Waals surface area contributed by atoms with Crippen molar-refractivity contribution < 1.29 is 9.47 Å². The Morgan fingerprint density at radius 2 is 2.11 bits per heavy atom. The Kier molecular flexibility index (Phi) is 3.35. The van der Waals surface area contributed by atoms with Crippen LogP contribution in [-0.2, 0) is 5.54 Å². The fraction of sp³-hybridized carbons (Fsp3) is 0.600. The van der Waals surface area contributed by atoms with Gasteiger partial charge in [-0.3, -0.25) is 0 Å². The second kappa shape index (κ2) is 4.88. The summed E-state index contributed by atoms with van der Waals surface area (Å²) < 4.78 is 11.2. The predicted octanol–water partition coefficient (Wildman–Crippen LogP) is 3.48. The first-order valence-corrected chi connectivity index (χ1v) is 7.30. The molecule has 19 heavy (non-hydrogen) atoms. The number of hydrogen-bond acceptors (Lipinski definition) is 3. The van der Waals surface area contributed by atoms with E-state index in [0.29, 0.717) is 16.7 Å². The van der Waals surface area contributed by atoms with E-state index in [1.807, 2.05) is 12.1 Å². The topological polar surface area (TPSA) is 44.5 Å². The first-order valence-electron chi connectivity index (χ1n) is 6.92. The van der Waals surface area contributed by atoms with Gasteiger partial charge in [-0.2, -0.15) is 0 Å². The number of halogens is 1. The van der Waals surface area contributed by atoms with E-state index in [1.54, 1.807) is 7.11 Å². The number of methoxy groups -OCH3 is 1. The van der Waals surface area contributed by atoms with Crippen LogP contribution in [0.15, 0.2) is 12.1 Å². The van der Waals surface area contributed by atoms with Crippen LogP contribution in [0, 0.1) is 5.92 Å². The highest BCUT2D eigenvalue weighted by atomic mass is 35.5. The SMILES string of the molecule is COc1c(Cl)cc(C2(N)CCC2)cc1OCC1CC1. The van der Waals surface area contributed by atoms with Gasteiger partial charge in [-0.15, -0.1) is 0 Å². The van der Waals surface area contributed by atoms with Crippen LogP contribution in [0.5, 0.6) is 11.5 Å². The second-order valence-electron chi connectivity index (χ2n) is 5.75. The number of nitrogens with two attached hydrogens (primary N) is 1. The van der Waals surface area contributed by atoms with Gasteiger partial charge >= 0.3 is 0 Å². The molecule has 3 rings (SSSR count). The van der Waals surface area contributed by atoms with Gasteiger partial charge in [0, 0.05) is 5.54 Å². The maximum absolute atomic E-state index is 6.37. The molecule has 2 aliphatic rings. The highest BCUT2D eigenvalue weighted by Gasteiger charge is 2.35. The van der Waals surface area contributed by atoms with E-state index in [9.17, 15) is 0 Å². The summed E-state index contributed by atoms with van der Waals surface area (Å²) in [4.78, 5) is 0. The highest BCUT2D eigenvalue weighted by Crippen LogP contribution is 2.45. The van der Waals surface area contributed by atoms with E-state index in [4.69, 9.17) is 26.8 Å². The van der Waals surface area contributed by atoms with E-state index in [2.05, 4.69) is 0 Å². The van der Waals surface area contributed by atoms with Crippen molar-refractivity contribution in [2.24, 2.45) is 11.7 Å². The van der Waals surface area contributed by atoms with Gasteiger partial charge < -0.3 is 15.2 Å². The van der Waals surface area contributed by atoms with E-state index in [-0.39, 0.29) is 5.54 Å². The Balaban J connectivity index is 1.89. The van der Waals surface area contributed by atoms with Crippen molar-refractivity contribution in [1.29, 1.82) is 0 Å². The van der Waals surface area contributed by atoms with E-state index < -0.39 is 0 Å². The van der Waals surface area contributed by atoms with Crippen molar-refractivity contribution in [2.45, 2.75) is 37.6 Å². The fourth-order valence-electron chi connectivity index (χ4n) is 2.50. The molecule has 2 saturated carbocycles. The Morgan fingerprint density at radius 1 is 1.37 bits per heavy atom. The zero-order chi connectivity index (χ0) is 13.5. The average molecular weight is 282 g/mol. The summed E-state index contributed by atoms with van der Waals surface area (Å²) in [6.45, 7) is 0.744. The van der Waals surface area contributed by atoms with Crippen LogP contribution < -0.4 is 15.2 Å². The molecule has 0 saturated heterocycles. The first kappa shape index (κ1) is 13.1. The lowest BCUT2D eigenvalue weighted by Gasteiger charge is -2.39. The van der Waals surface area contributed by atoms with Crippen molar-refractivity contribution in [3.8, 4) is 11.5 Å². The lowest BCUT2D eigenvalue weighted by Crippen LogP contribution is -2.43. The lowest BCUT2D eigenvalue weighted by atomic mass is 9.73. The van der Waals surface area contributed by atoms with Gasteiger partial charge in [0.2, 0.25) is 0 Å². The molecule has 0 radical (unpaired) electrons. The van der Waals surface area contributed by atoms with Crippen molar-refractivity contribution >= 4 is 11.6 Å². The summed E-state index contributed by atoms with van der Waals surface area (Å²) in [6, 6.07) is 3.93. The molecule has 2 fully saturated rings. The molecule has 0 atom stereocenters. The van der Waals surface area contributed by atoms with Gasteiger partial charge in [-0.05, 0) is 55.7 Å². The summed E-state index contributed by atoms with van der Waals surface area (Å²) >= 11 is 6.29. The van der Waals surface area contributed by atoms with Crippen molar-refractivity contribution in [3.05, 3.63) is 22.7 Å². The molecule has 0 unspecified atom stereocenters. The van der Waals surface area contributed by atoms with Crippen LogP contribution in [0.4, 0.5) is 0 Å². The fourth-order valence-corrected chi connectivity index (χ4v) is 2.79. The standard InChI is InChI=1S/C15H20ClNO2/c1-18-14-12(16)7-11(15(17)5-2-6-15)8-13(14)19-9-10-3-4-10/h7-8,10H,2-6,9,17H2,1H3. The first-order chi connectivity index (χ1) is 9.12. The van der Waals surface area contributed by atoms with Crippen LogP contribution in [0.2, 0.25) is 5.02 Å². The zero-order valence-electron chi connectivity index (χ0n) is 11.2. The molecule has 3 nitrogen and oxygen atoms in total. The van der Waals surface area contributed by atoms with E-state index >= 15 is 0 Å². The molecular formula is C15H20ClNO2. The minimum atomic E-state index is -0.229. The summed E-state index contributed by atoms with van der Waals surface area (Å²) in [6.07, 6.45) is 5.72. The molecule has 0 aromatic heterocycles. The minimum Gasteiger partial charge on any atom is -0.491 e. The summed E-state index contributed by atoms with van der Waals surface area (Å²) in [7, 11) is 1.62. The largest absolute Gasteiger partial charge is 0.491 e. The Labute approximate surface area is 119 Å². The van der Waals surface area contributed by atoms with Gasteiger partial charge in [0.15, 0.2) is 11.5 Å². The lowest BCUT2D eigenvalue weighted by molar-refractivity contribution is 0.248. The third kappa shape index (κ3) is 2.54. The van der Waals surface area contributed by atoms with Crippen LogP contribution in [0.3, 0.4) is 0 Å². The monoisotopic (exact) mass is 281 g/mol. The predicted molar refractivity (Wildman–Crippen MR) is 75.9 cm³/mol. The van der Waals surface area contributed by atoms with Gasteiger partial charge in [-0.1, -0.05) is 11.6 Å². The molecule has 0 heterocycles. The molecule has 0 amide bonds. The third-order valence-corrected chi connectivity index (χ3v) is 4.49. The smallest absolute Gasteiger partial charge is 0.179 e. The second-order valence-corrected chi connectivity index (χ2v) is 6.16. The summed E-state index contributed by atoms with van der Waals surface area (Å²) in [5.41, 5.74) is 7.20. The zero-order valence-corrected chi connectivity index (χ0v) is 12.0. The molecule has 1 aromatic rings. The highest BCUT2D eigenvalue weighted by molar-refractivity contribution is 6.32. The number of ether oxygens (including phenoxy) is 2. The Bertz CT molecular complexity index is 481. The normalized spacial score (nSPS) is 20.8. The maximum atomic E-state index is 6.37. The van der Waals surface area contributed by atoms with Crippen LogP contribution in [0.25, 0.3) is 0 Å². The van der Waals surface area contributed by atoms with Crippen LogP contribution in [-0.4, -0.2) is 13.7 Å². The van der Waals surface area contributed by atoms with E-state index in [0.717, 1.165) is 30.8 Å². The average Bonchev–Trinajstić information content (AvgIpc) is 3.16.